The molecule has 0 amide bonds. The van der Waals surface area contributed by atoms with Gasteiger partial charge in [-0.1, -0.05) is 21.4 Å². The first-order chi connectivity index (χ1) is 7.29. The van der Waals surface area contributed by atoms with E-state index in [1.807, 2.05) is 42.6 Å². The molecule has 1 aromatic carbocycles. The fourth-order valence-corrected chi connectivity index (χ4v) is 1.68. The van der Waals surface area contributed by atoms with Crippen molar-refractivity contribution in [1.82, 2.24) is 4.98 Å². The molecule has 0 aliphatic rings. The van der Waals surface area contributed by atoms with Gasteiger partial charge in [-0.05, 0) is 35.4 Å². The Morgan fingerprint density at radius 3 is 2.40 bits per heavy atom. The molecule has 0 saturated heterocycles. The first kappa shape index (κ1) is 10.1. The molecule has 3 heteroatoms. The van der Waals surface area contributed by atoms with E-state index in [9.17, 15) is 0 Å². The molecule has 2 aromatic rings. The molecule has 0 fully saturated rings. The van der Waals surface area contributed by atoms with Crippen molar-refractivity contribution >= 4 is 14.7 Å². The van der Waals surface area contributed by atoms with Crippen LogP contribution in [0.2, 0.25) is 0 Å². The normalized spacial score (nSPS) is 10.0. The average Bonchev–Trinajstić information content (AvgIpc) is 2.29. The molecule has 1 aromatic heterocycles. The third-order valence-electron chi connectivity index (χ3n) is 2.20. The third-order valence-corrected chi connectivity index (χ3v) is 2.52. The molecular formula is C12H12NOP. The quantitative estimate of drug-likeness (QED) is 0.720. The number of pyridine rings is 1. The van der Waals surface area contributed by atoms with E-state index in [1.54, 1.807) is 7.11 Å². The van der Waals surface area contributed by atoms with Gasteiger partial charge >= 0.3 is 0 Å². The summed E-state index contributed by atoms with van der Waals surface area (Å²) >= 11 is 0. The van der Waals surface area contributed by atoms with E-state index in [0.29, 0.717) is 0 Å². The molecule has 76 valence electrons. The predicted molar refractivity (Wildman–Crippen MR) is 65.6 cm³/mol. The van der Waals surface area contributed by atoms with Crippen molar-refractivity contribution < 1.29 is 4.74 Å². The van der Waals surface area contributed by atoms with Gasteiger partial charge in [0.15, 0.2) is 0 Å². The largest absolute Gasteiger partial charge is 0.497 e. The number of methoxy groups -OCH3 is 1. The second-order valence-corrected chi connectivity index (χ2v) is 3.79. The minimum Gasteiger partial charge on any atom is -0.497 e. The topological polar surface area (TPSA) is 22.1 Å². The molecule has 0 bridgehead atoms. The van der Waals surface area contributed by atoms with Crippen LogP contribution in [0.15, 0.2) is 42.6 Å². The lowest BCUT2D eigenvalue weighted by Crippen LogP contribution is -1.95. The Morgan fingerprint density at radius 1 is 1.07 bits per heavy atom. The molecule has 2 rings (SSSR count). The van der Waals surface area contributed by atoms with E-state index in [1.165, 1.54) is 5.56 Å². The summed E-state index contributed by atoms with van der Waals surface area (Å²) in [6.45, 7) is 0. The maximum atomic E-state index is 5.11. The summed E-state index contributed by atoms with van der Waals surface area (Å²) in [7, 11) is 4.27. The van der Waals surface area contributed by atoms with Crippen molar-refractivity contribution in [1.29, 1.82) is 0 Å². The highest BCUT2D eigenvalue weighted by Gasteiger charge is 1.98. The first-order valence-electron chi connectivity index (χ1n) is 4.65. The number of hydrogen-bond acceptors (Lipinski definition) is 2. The molecule has 0 aliphatic heterocycles. The number of aromatic nitrogens is 1. The highest BCUT2D eigenvalue weighted by Crippen LogP contribution is 2.21. The van der Waals surface area contributed by atoms with Gasteiger partial charge in [-0.25, -0.2) is 0 Å². The minimum atomic E-state index is 0.874. The van der Waals surface area contributed by atoms with Crippen LogP contribution in [0.5, 0.6) is 5.75 Å². The Bertz CT molecular complexity index is 453. The molecule has 1 heterocycles. The number of nitrogens with zero attached hydrogens (tertiary/aromatic N) is 1. The van der Waals surface area contributed by atoms with Gasteiger partial charge in [-0.3, -0.25) is 4.98 Å². The van der Waals surface area contributed by atoms with Crippen LogP contribution in [0.4, 0.5) is 0 Å². The second kappa shape index (κ2) is 4.41. The number of benzene rings is 1. The van der Waals surface area contributed by atoms with Crippen molar-refractivity contribution in [2.24, 2.45) is 0 Å². The van der Waals surface area contributed by atoms with Crippen molar-refractivity contribution in [3.8, 4) is 16.9 Å². The van der Waals surface area contributed by atoms with Crippen LogP contribution in [0.3, 0.4) is 0 Å². The molecule has 0 saturated carbocycles. The second-order valence-electron chi connectivity index (χ2n) is 3.20. The maximum absolute atomic E-state index is 5.11. The Morgan fingerprint density at radius 2 is 1.80 bits per heavy atom. The SMILES string of the molecule is COc1ccc(-c2ccnc(P)c2)cc1. The zero-order valence-corrected chi connectivity index (χ0v) is 9.63. The van der Waals surface area contributed by atoms with Gasteiger partial charge in [0.05, 0.1) is 12.5 Å². The van der Waals surface area contributed by atoms with Gasteiger partial charge < -0.3 is 4.74 Å². The molecular weight excluding hydrogens is 205 g/mol. The van der Waals surface area contributed by atoms with E-state index in [4.69, 9.17) is 4.74 Å². The van der Waals surface area contributed by atoms with Gasteiger partial charge in [0.25, 0.3) is 0 Å². The van der Waals surface area contributed by atoms with Gasteiger partial charge in [-0.2, -0.15) is 0 Å². The molecule has 0 aliphatic carbocycles. The van der Waals surface area contributed by atoms with Crippen molar-refractivity contribution in [2.45, 2.75) is 0 Å². The van der Waals surface area contributed by atoms with Crippen LogP contribution < -0.4 is 10.2 Å². The van der Waals surface area contributed by atoms with Crippen molar-refractivity contribution in [3.63, 3.8) is 0 Å². The number of rotatable bonds is 2. The Kier molecular flexibility index (Phi) is 2.98. The Hall–Kier alpha value is -1.40. The number of hydrogen-bond donors (Lipinski definition) is 0. The minimum absolute atomic E-state index is 0.874. The third kappa shape index (κ3) is 2.34. The lowest BCUT2D eigenvalue weighted by molar-refractivity contribution is 0.415. The lowest BCUT2D eigenvalue weighted by atomic mass is 10.1. The summed E-state index contributed by atoms with van der Waals surface area (Å²) in [6.07, 6.45) is 1.81. The Balaban J connectivity index is 2.37. The van der Waals surface area contributed by atoms with Crippen LogP contribution in [-0.4, -0.2) is 12.1 Å². The molecule has 0 spiro atoms. The van der Waals surface area contributed by atoms with E-state index < -0.39 is 0 Å². The summed E-state index contributed by atoms with van der Waals surface area (Å²) in [5.41, 5.74) is 3.28. The van der Waals surface area contributed by atoms with Gasteiger partial charge in [0.2, 0.25) is 0 Å². The van der Waals surface area contributed by atoms with E-state index in [0.717, 1.165) is 16.7 Å². The molecule has 1 unspecified atom stereocenters. The zero-order chi connectivity index (χ0) is 10.7. The van der Waals surface area contributed by atoms with Crippen LogP contribution in [0.1, 0.15) is 0 Å². The monoisotopic (exact) mass is 217 g/mol. The fourth-order valence-electron chi connectivity index (χ4n) is 1.41. The highest BCUT2D eigenvalue weighted by molar-refractivity contribution is 7.26. The van der Waals surface area contributed by atoms with Crippen LogP contribution in [0.25, 0.3) is 11.1 Å². The number of ether oxygens (including phenoxy) is 1. The van der Waals surface area contributed by atoms with Crippen LogP contribution >= 0.6 is 9.24 Å². The van der Waals surface area contributed by atoms with Gasteiger partial charge in [-0.15, -0.1) is 0 Å². The summed E-state index contributed by atoms with van der Waals surface area (Å²) < 4.78 is 5.11. The summed E-state index contributed by atoms with van der Waals surface area (Å²) in [4.78, 5) is 4.14. The molecule has 1 atom stereocenters. The summed E-state index contributed by atoms with van der Waals surface area (Å²) in [5, 5.41) is 0. The van der Waals surface area contributed by atoms with Crippen LogP contribution in [0, 0.1) is 0 Å². The lowest BCUT2D eigenvalue weighted by Gasteiger charge is -2.03. The van der Waals surface area contributed by atoms with E-state index in [2.05, 4.69) is 14.2 Å². The first-order valence-corrected chi connectivity index (χ1v) is 5.23. The summed E-state index contributed by atoms with van der Waals surface area (Å²) in [5.74, 6) is 0.874. The molecule has 0 N–H and O–H groups in total. The standard InChI is InChI=1S/C12H12NOP/c1-14-11-4-2-9(3-5-11)10-6-7-13-12(15)8-10/h2-8H,15H2,1H3. The summed E-state index contributed by atoms with van der Waals surface area (Å²) in [6, 6.07) is 12.0. The van der Waals surface area contributed by atoms with Crippen molar-refractivity contribution in [2.75, 3.05) is 7.11 Å². The molecule has 15 heavy (non-hydrogen) atoms. The van der Waals surface area contributed by atoms with Gasteiger partial charge in [0, 0.05) is 6.20 Å². The maximum Gasteiger partial charge on any atom is 0.118 e. The molecule has 2 nitrogen and oxygen atoms in total. The predicted octanol–water partition coefficient (Wildman–Crippen LogP) is 2.26. The smallest absolute Gasteiger partial charge is 0.118 e. The fraction of sp³-hybridized carbons (Fsp3) is 0.0833. The molecule has 0 radical (unpaired) electrons. The zero-order valence-electron chi connectivity index (χ0n) is 8.47. The van der Waals surface area contributed by atoms with Gasteiger partial charge in [0.1, 0.15) is 5.75 Å². The Labute approximate surface area is 91.5 Å². The van der Waals surface area contributed by atoms with E-state index in [-0.39, 0.29) is 0 Å². The van der Waals surface area contributed by atoms with E-state index >= 15 is 0 Å². The highest BCUT2D eigenvalue weighted by atomic mass is 31.0. The van der Waals surface area contributed by atoms with Crippen LogP contribution in [-0.2, 0) is 0 Å². The van der Waals surface area contributed by atoms with Crippen molar-refractivity contribution in [3.05, 3.63) is 42.6 Å². The average molecular weight is 217 g/mol.